The zero-order chi connectivity index (χ0) is 13.1. The minimum atomic E-state index is -3.09. The van der Waals surface area contributed by atoms with Crippen molar-refractivity contribution in [2.45, 2.75) is 44.6 Å². The van der Waals surface area contributed by atoms with E-state index in [1.807, 2.05) is 6.92 Å². The van der Waals surface area contributed by atoms with Gasteiger partial charge in [-0.3, -0.25) is 4.79 Å². The second-order valence-electron chi connectivity index (χ2n) is 4.79. The summed E-state index contributed by atoms with van der Waals surface area (Å²) in [6.45, 7) is 1.95. The Balaban J connectivity index is 2.76. The lowest BCUT2D eigenvalue weighted by Gasteiger charge is -2.36. The van der Waals surface area contributed by atoms with Gasteiger partial charge >= 0.3 is 5.97 Å². The molecule has 100 valence electrons. The van der Waals surface area contributed by atoms with Gasteiger partial charge in [0.2, 0.25) is 0 Å². The molecule has 0 aliphatic carbocycles. The van der Waals surface area contributed by atoms with Crippen LogP contribution in [0.1, 0.15) is 39.0 Å². The summed E-state index contributed by atoms with van der Waals surface area (Å²) in [6, 6.07) is 0. The SMILES string of the molecule is CCCCC(C(=O)O)C1(O)CCS(=O)(=O)CC1. The smallest absolute Gasteiger partial charge is 0.309 e. The third-order valence-electron chi connectivity index (χ3n) is 3.49. The van der Waals surface area contributed by atoms with E-state index >= 15 is 0 Å². The average molecular weight is 264 g/mol. The molecule has 2 N–H and O–H groups in total. The summed E-state index contributed by atoms with van der Waals surface area (Å²) in [7, 11) is -3.09. The first-order valence-electron chi connectivity index (χ1n) is 5.96. The molecular weight excluding hydrogens is 244 g/mol. The van der Waals surface area contributed by atoms with E-state index in [1.165, 1.54) is 0 Å². The Labute approximate surface area is 102 Å². The van der Waals surface area contributed by atoms with E-state index in [0.717, 1.165) is 12.8 Å². The van der Waals surface area contributed by atoms with Crippen LogP contribution in [0.5, 0.6) is 0 Å². The van der Waals surface area contributed by atoms with Gasteiger partial charge in [-0.15, -0.1) is 0 Å². The Morgan fingerprint density at radius 3 is 2.29 bits per heavy atom. The van der Waals surface area contributed by atoms with Gasteiger partial charge in [-0.1, -0.05) is 19.8 Å². The van der Waals surface area contributed by atoms with Crippen molar-refractivity contribution in [3.05, 3.63) is 0 Å². The van der Waals surface area contributed by atoms with Crippen molar-refractivity contribution < 1.29 is 23.4 Å². The quantitative estimate of drug-likeness (QED) is 0.767. The molecule has 1 aliphatic heterocycles. The topological polar surface area (TPSA) is 91.7 Å². The minimum absolute atomic E-state index is 0.0377. The maximum atomic E-state index is 11.3. The molecule has 1 atom stereocenters. The summed E-state index contributed by atoms with van der Waals surface area (Å²) in [4.78, 5) is 11.2. The maximum Gasteiger partial charge on any atom is 0.309 e. The molecule has 0 aromatic carbocycles. The number of aliphatic carboxylic acids is 1. The number of carbonyl (C=O) groups is 1. The van der Waals surface area contributed by atoms with E-state index in [0.29, 0.717) is 6.42 Å². The summed E-state index contributed by atoms with van der Waals surface area (Å²) in [5.74, 6) is -2.10. The van der Waals surface area contributed by atoms with E-state index in [1.54, 1.807) is 0 Å². The Bertz CT molecular complexity index is 359. The number of unbranched alkanes of at least 4 members (excludes halogenated alkanes) is 1. The van der Waals surface area contributed by atoms with E-state index in [4.69, 9.17) is 5.11 Å². The van der Waals surface area contributed by atoms with Crippen LogP contribution in [0.25, 0.3) is 0 Å². The Morgan fingerprint density at radius 1 is 1.35 bits per heavy atom. The number of sulfone groups is 1. The van der Waals surface area contributed by atoms with Crippen LogP contribution in [-0.2, 0) is 14.6 Å². The van der Waals surface area contributed by atoms with Gasteiger partial charge in [0.15, 0.2) is 9.84 Å². The van der Waals surface area contributed by atoms with Crippen LogP contribution in [-0.4, -0.2) is 41.7 Å². The molecule has 5 nitrogen and oxygen atoms in total. The maximum absolute atomic E-state index is 11.3. The third-order valence-corrected chi connectivity index (χ3v) is 5.14. The van der Waals surface area contributed by atoms with E-state index in [9.17, 15) is 18.3 Å². The van der Waals surface area contributed by atoms with Gasteiger partial charge in [0.1, 0.15) is 0 Å². The van der Waals surface area contributed by atoms with Gasteiger partial charge in [0.05, 0.1) is 23.0 Å². The fourth-order valence-electron chi connectivity index (χ4n) is 2.27. The highest BCUT2D eigenvalue weighted by Gasteiger charge is 2.44. The monoisotopic (exact) mass is 264 g/mol. The Hall–Kier alpha value is -0.620. The van der Waals surface area contributed by atoms with Crippen molar-refractivity contribution in [1.82, 2.24) is 0 Å². The normalized spacial score (nSPS) is 24.1. The molecule has 0 aromatic rings. The lowest BCUT2D eigenvalue weighted by Crippen LogP contribution is -2.48. The lowest BCUT2D eigenvalue weighted by molar-refractivity contribution is -0.153. The van der Waals surface area contributed by atoms with Gasteiger partial charge in [-0.05, 0) is 19.3 Å². The Kier molecular flexibility index (Phi) is 4.55. The third kappa shape index (κ3) is 3.67. The zero-order valence-electron chi connectivity index (χ0n) is 10.1. The summed E-state index contributed by atoms with van der Waals surface area (Å²) >= 11 is 0. The number of hydrogen-bond acceptors (Lipinski definition) is 4. The first-order valence-corrected chi connectivity index (χ1v) is 7.78. The second kappa shape index (κ2) is 5.35. The van der Waals surface area contributed by atoms with Crippen LogP contribution in [0.15, 0.2) is 0 Å². The number of carboxylic acid groups (broad SMARTS) is 1. The Morgan fingerprint density at radius 2 is 1.88 bits per heavy atom. The number of aliphatic hydroxyl groups is 1. The zero-order valence-corrected chi connectivity index (χ0v) is 10.9. The summed E-state index contributed by atoms with van der Waals surface area (Å²) in [6.07, 6.45) is 2.07. The highest BCUT2D eigenvalue weighted by atomic mass is 32.2. The molecule has 0 aromatic heterocycles. The van der Waals surface area contributed by atoms with Crippen molar-refractivity contribution in [1.29, 1.82) is 0 Å². The predicted octanol–water partition coefficient (Wildman–Crippen LogP) is 0.817. The van der Waals surface area contributed by atoms with E-state index < -0.39 is 27.3 Å². The van der Waals surface area contributed by atoms with Gasteiger partial charge in [0.25, 0.3) is 0 Å². The first kappa shape index (κ1) is 14.4. The van der Waals surface area contributed by atoms with Crippen molar-refractivity contribution in [3.63, 3.8) is 0 Å². The molecule has 1 aliphatic rings. The number of rotatable bonds is 5. The van der Waals surface area contributed by atoms with Crippen LogP contribution >= 0.6 is 0 Å². The molecular formula is C11H20O5S. The van der Waals surface area contributed by atoms with Crippen molar-refractivity contribution in [3.8, 4) is 0 Å². The molecule has 1 saturated heterocycles. The second-order valence-corrected chi connectivity index (χ2v) is 7.09. The lowest BCUT2D eigenvalue weighted by atomic mass is 9.79. The van der Waals surface area contributed by atoms with Crippen LogP contribution in [0.4, 0.5) is 0 Å². The molecule has 0 saturated carbocycles. The van der Waals surface area contributed by atoms with Crippen LogP contribution in [0.3, 0.4) is 0 Å². The molecule has 1 unspecified atom stereocenters. The molecule has 1 rings (SSSR count). The average Bonchev–Trinajstić information content (AvgIpc) is 2.23. The van der Waals surface area contributed by atoms with Crippen LogP contribution in [0, 0.1) is 5.92 Å². The first-order chi connectivity index (χ1) is 7.81. The molecule has 1 fully saturated rings. The molecule has 6 heteroatoms. The fourth-order valence-corrected chi connectivity index (χ4v) is 3.80. The van der Waals surface area contributed by atoms with Crippen LogP contribution in [0.2, 0.25) is 0 Å². The largest absolute Gasteiger partial charge is 0.481 e. The van der Waals surface area contributed by atoms with E-state index in [-0.39, 0.29) is 24.3 Å². The molecule has 17 heavy (non-hydrogen) atoms. The molecule has 1 heterocycles. The highest BCUT2D eigenvalue weighted by molar-refractivity contribution is 7.91. The number of carboxylic acids is 1. The van der Waals surface area contributed by atoms with Crippen molar-refractivity contribution in [2.24, 2.45) is 5.92 Å². The van der Waals surface area contributed by atoms with Gasteiger partial charge in [0, 0.05) is 0 Å². The number of hydrogen-bond donors (Lipinski definition) is 2. The van der Waals surface area contributed by atoms with Crippen molar-refractivity contribution in [2.75, 3.05) is 11.5 Å². The molecule has 0 bridgehead atoms. The van der Waals surface area contributed by atoms with Gasteiger partial charge in [-0.25, -0.2) is 8.42 Å². The summed E-state index contributed by atoms with van der Waals surface area (Å²) in [5.41, 5.74) is -1.35. The van der Waals surface area contributed by atoms with Crippen molar-refractivity contribution >= 4 is 15.8 Å². The standard InChI is InChI=1S/C11H20O5S/c1-2-3-4-9(10(12)13)11(14)5-7-17(15,16)8-6-11/h9,14H,2-8H2,1H3,(H,12,13). The fraction of sp³-hybridized carbons (Fsp3) is 0.909. The predicted molar refractivity (Wildman–Crippen MR) is 63.5 cm³/mol. The van der Waals surface area contributed by atoms with E-state index in [2.05, 4.69) is 0 Å². The molecule has 0 amide bonds. The molecule has 0 radical (unpaired) electrons. The molecule has 0 spiro atoms. The summed E-state index contributed by atoms with van der Waals surface area (Å²) in [5, 5.41) is 19.5. The summed E-state index contributed by atoms with van der Waals surface area (Å²) < 4.78 is 22.6. The van der Waals surface area contributed by atoms with Crippen LogP contribution < -0.4 is 0 Å². The van der Waals surface area contributed by atoms with Gasteiger partial charge in [-0.2, -0.15) is 0 Å². The van der Waals surface area contributed by atoms with Gasteiger partial charge < -0.3 is 10.2 Å². The highest BCUT2D eigenvalue weighted by Crippen LogP contribution is 2.34. The minimum Gasteiger partial charge on any atom is -0.481 e.